The smallest absolute Gasteiger partial charge is 0.239 e. The molecule has 3 N–H and O–H groups in total. The van der Waals surface area contributed by atoms with Gasteiger partial charge in [0.25, 0.3) is 0 Å². The first-order valence-electron chi connectivity index (χ1n) is 5.38. The number of carbonyl (C=O) groups excluding carboxylic acids is 1. The van der Waals surface area contributed by atoms with Crippen LogP contribution in [-0.2, 0) is 14.8 Å². The number of halogens is 1. The van der Waals surface area contributed by atoms with Gasteiger partial charge in [-0.1, -0.05) is 0 Å². The second-order valence-corrected chi connectivity index (χ2v) is 6.11. The van der Waals surface area contributed by atoms with E-state index in [1.54, 1.807) is 12.1 Å². The van der Waals surface area contributed by atoms with E-state index in [2.05, 4.69) is 5.32 Å². The summed E-state index contributed by atoms with van der Waals surface area (Å²) < 4.78 is 28.3. The molecule has 0 aliphatic carbocycles. The first-order valence-corrected chi connectivity index (χ1v) is 7.23. The Balaban J connectivity index is 0.00000361. The normalized spacial score (nSPS) is 10.8. The lowest BCUT2D eigenvalue weighted by molar-refractivity contribution is -0.116. The molecule has 20 heavy (non-hydrogen) atoms. The molecular formula is C11H18ClN3O4S. The van der Waals surface area contributed by atoms with Crippen LogP contribution in [0.2, 0.25) is 0 Å². The molecule has 0 bridgehead atoms. The third-order valence-corrected chi connectivity index (χ3v) is 3.71. The third kappa shape index (κ3) is 5.24. The van der Waals surface area contributed by atoms with Crippen molar-refractivity contribution < 1.29 is 17.9 Å². The van der Waals surface area contributed by atoms with Gasteiger partial charge in [0, 0.05) is 12.7 Å². The maximum Gasteiger partial charge on any atom is 0.239 e. The Hall–Kier alpha value is -1.51. The Kier molecular flexibility index (Phi) is 6.77. The summed E-state index contributed by atoms with van der Waals surface area (Å²) in [5.74, 6) is 0.0590. The van der Waals surface area contributed by atoms with Gasteiger partial charge in [0.1, 0.15) is 5.75 Å². The second-order valence-electron chi connectivity index (χ2n) is 4.02. The number of likely N-dealkylation sites (N-methyl/N-ethyl adjacent to an activating group) is 1. The molecule has 114 valence electrons. The Bertz CT molecular complexity index is 577. The Labute approximate surface area is 124 Å². The van der Waals surface area contributed by atoms with Crippen molar-refractivity contribution in [2.45, 2.75) is 0 Å². The summed E-state index contributed by atoms with van der Waals surface area (Å²) in [6.45, 7) is -0.259. The Morgan fingerprint density at radius 3 is 2.50 bits per heavy atom. The van der Waals surface area contributed by atoms with Crippen molar-refractivity contribution in [3.63, 3.8) is 0 Å². The number of ether oxygens (including phenoxy) is 1. The van der Waals surface area contributed by atoms with Crippen molar-refractivity contribution in [1.82, 2.24) is 4.31 Å². The van der Waals surface area contributed by atoms with Gasteiger partial charge >= 0.3 is 0 Å². The number of anilines is 2. The zero-order valence-corrected chi connectivity index (χ0v) is 13.0. The van der Waals surface area contributed by atoms with Crippen molar-refractivity contribution in [3.05, 3.63) is 18.2 Å². The number of nitrogens with two attached hydrogens (primary N) is 1. The standard InChI is InChI=1S/C11H17N3O4S.ClH/c1-14(19(3,16)17)7-11(15)13-8-4-5-10(18-2)9(12)6-8;/h4-6H,7,12H2,1-3H3,(H,13,15);1H. The molecule has 0 radical (unpaired) electrons. The number of rotatable bonds is 5. The van der Waals surface area contributed by atoms with E-state index in [9.17, 15) is 13.2 Å². The fraction of sp³-hybridized carbons (Fsp3) is 0.364. The van der Waals surface area contributed by atoms with Gasteiger partial charge in [-0.15, -0.1) is 12.4 Å². The minimum atomic E-state index is -3.38. The van der Waals surface area contributed by atoms with Crippen LogP contribution in [0.1, 0.15) is 0 Å². The quantitative estimate of drug-likeness (QED) is 0.770. The van der Waals surface area contributed by atoms with E-state index in [-0.39, 0.29) is 19.0 Å². The number of hydrogen-bond acceptors (Lipinski definition) is 5. The molecule has 1 aromatic rings. The zero-order valence-electron chi connectivity index (χ0n) is 11.4. The molecule has 0 atom stereocenters. The summed E-state index contributed by atoms with van der Waals surface area (Å²) in [6.07, 6.45) is 1.03. The van der Waals surface area contributed by atoms with Gasteiger partial charge < -0.3 is 15.8 Å². The van der Waals surface area contributed by atoms with Gasteiger partial charge in [-0.05, 0) is 18.2 Å². The summed E-state index contributed by atoms with van der Waals surface area (Å²) >= 11 is 0. The van der Waals surface area contributed by atoms with Crippen LogP contribution >= 0.6 is 12.4 Å². The Morgan fingerprint density at radius 2 is 2.05 bits per heavy atom. The molecule has 1 aromatic carbocycles. The fourth-order valence-corrected chi connectivity index (χ4v) is 1.68. The topological polar surface area (TPSA) is 102 Å². The molecule has 1 amide bonds. The monoisotopic (exact) mass is 323 g/mol. The first-order chi connectivity index (χ1) is 8.74. The van der Waals surface area contributed by atoms with Crippen molar-refractivity contribution in [2.24, 2.45) is 0 Å². The molecule has 0 aromatic heterocycles. The van der Waals surface area contributed by atoms with Crippen molar-refractivity contribution in [1.29, 1.82) is 0 Å². The van der Waals surface area contributed by atoms with E-state index in [1.165, 1.54) is 20.2 Å². The van der Waals surface area contributed by atoms with Crippen LogP contribution in [0.4, 0.5) is 11.4 Å². The van der Waals surface area contributed by atoms with Gasteiger partial charge in [0.05, 0.1) is 25.6 Å². The molecule has 9 heteroatoms. The molecule has 0 aliphatic heterocycles. The number of benzene rings is 1. The third-order valence-electron chi connectivity index (χ3n) is 2.45. The van der Waals surface area contributed by atoms with Gasteiger partial charge in [-0.3, -0.25) is 4.79 Å². The summed E-state index contributed by atoms with van der Waals surface area (Å²) in [6, 6.07) is 4.77. The van der Waals surface area contributed by atoms with E-state index in [0.717, 1.165) is 10.6 Å². The molecule has 0 heterocycles. The van der Waals surface area contributed by atoms with Crippen LogP contribution in [0.3, 0.4) is 0 Å². The number of amides is 1. The first kappa shape index (κ1) is 18.5. The van der Waals surface area contributed by atoms with Crippen LogP contribution < -0.4 is 15.8 Å². The van der Waals surface area contributed by atoms with Gasteiger partial charge in [0.2, 0.25) is 15.9 Å². The molecule has 7 nitrogen and oxygen atoms in total. The number of sulfonamides is 1. The lowest BCUT2D eigenvalue weighted by atomic mass is 10.2. The molecule has 0 fully saturated rings. The highest BCUT2D eigenvalue weighted by Gasteiger charge is 2.15. The van der Waals surface area contributed by atoms with E-state index >= 15 is 0 Å². The molecular weight excluding hydrogens is 306 g/mol. The molecule has 0 saturated carbocycles. The molecule has 0 unspecified atom stereocenters. The Morgan fingerprint density at radius 1 is 1.45 bits per heavy atom. The maximum atomic E-state index is 11.6. The summed E-state index contributed by atoms with van der Waals surface area (Å²) in [5, 5.41) is 2.56. The molecule has 0 aliphatic rings. The predicted octanol–water partition coefficient (Wildman–Crippen LogP) is 0.529. The van der Waals surface area contributed by atoms with E-state index in [1.807, 2.05) is 0 Å². The number of carbonyl (C=O) groups is 1. The highest BCUT2D eigenvalue weighted by molar-refractivity contribution is 7.88. The summed E-state index contributed by atoms with van der Waals surface area (Å²) in [7, 11) is -0.559. The highest BCUT2D eigenvalue weighted by Crippen LogP contribution is 2.24. The minimum Gasteiger partial charge on any atom is -0.495 e. The van der Waals surface area contributed by atoms with Gasteiger partial charge in [-0.25, -0.2) is 8.42 Å². The van der Waals surface area contributed by atoms with E-state index < -0.39 is 15.9 Å². The average Bonchev–Trinajstić information content (AvgIpc) is 2.27. The lowest BCUT2D eigenvalue weighted by Gasteiger charge is -2.14. The average molecular weight is 324 g/mol. The number of nitrogens with one attached hydrogen (secondary N) is 1. The van der Waals surface area contributed by atoms with Crippen LogP contribution in [-0.4, -0.2) is 45.6 Å². The van der Waals surface area contributed by atoms with Crippen LogP contribution in [0.25, 0.3) is 0 Å². The summed E-state index contributed by atoms with van der Waals surface area (Å²) in [5.41, 5.74) is 6.56. The number of methoxy groups -OCH3 is 1. The SMILES string of the molecule is COc1ccc(NC(=O)CN(C)S(C)(=O)=O)cc1N.Cl. The highest BCUT2D eigenvalue weighted by atomic mass is 35.5. The van der Waals surface area contributed by atoms with E-state index in [4.69, 9.17) is 10.5 Å². The van der Waals surface area contributed by atoms with Crippen LogP contribution in [0, 0.1) is 0 Å². The fourth-order valence-electron chi connectivity index (χ4n) is 1.33. The largest absolute Gasteiger partial charge is 0.495 e. The predicted molar refractivity (Wildman–Crippen MR) is 80.8 cm³/mol. The van der Waals surface area contributed by atoms with Crippen LogP contribution in [0.15, 0.2) is 18.2 Å². The number of nitrogen functional groups attached to an aromatic ring is 1. The van der Waals surface area contributed by atoms with Crippen LogP contribution in [0.5, 0.6) is 5.75 Å². The number of hydrogen-bond donors (Lipinski definition) is 2. The lowest BCUT2D eigenvalue weighted by Crippen LogP contribution is -2.34. The zero-order chi connectivity index (χ0) is 14.6. The number of nitrogens with zero attached hydrogens (tertiary/aromatic N) is 1. The second kappa shape index (κ2) is 7.32. The molecule has 0 saturated heterocycles. The van der Waals surface area contributed by atoms with Gasteiger partial charge in [-0.2, -0.15) is 4.31 Å². The van der Waals surface area contributed by atoms with Crippen molar-refractivity contribution >= 4 is 39.7 Å². The van der Waals surface area contributed by atoms with Gasteiger partial charge in [0.15, 0.2) is 0 Å². The molecule has 1 rings (SSSR count). The maximum absolute atomic E-state index is 11.6. The molecule has 0 spiro atoms. The minimum absolute atomic E-state index is 0. The van der Waals surface area contributed by atoms with Crippen molar-refractivity contribution in [2.75, 3.05) is 38.0 Å². The van der Waals surface area contributed by atoms with E-state index in [0.29, 0.717) is 17.1 Å². The van der Waals surface area contributed by atoms with Crippen molar-refractivity contribution in [3.8, 4) is 5.75 Å². The summed E-state index contributed by atoms with van der Waals surface area (Å²) in [4.78, 5) is 11.6.